The van der Waals surface area contributed by atoms with Gasteiger partial charge in [0.15, 0.2) is 0 Å². The highest BCUT2D eigenvalue weighted by Gasteiger charge is 2.55. The summed E-state index contributed by atoms with van der Waals surface area (Å²) in [7, 11) is 0. The van der Waals surface area contributed by atoms with Gasteiger partial charge in [0, 0.05) is 0 Å². The summed E-state index contributed by atoms with van der Waals surface area (Å²) in [5.74, 6) is 4.69. The molecule has 7 unspecified atom stereocenters. The summed E-state index contributed by atoms with van der Waals surface area (Å²) in [6, 6.07) is 0. The molecule has 0 heteroatoms. The minimum Gasteiger partial charge on any atom is -0.0859 e. The maximum absolute atomic E-state index is 2.70. The molecule has 0 aliphatic heterocycles. The fourth-order valence-electron chi connectivity index (χ4n) is 8.82. The SMILES string of the molecule is CC(C)=CCCC(C)C1CCC2=C3CCC4C(C)CCCC4(C)C3CCC21C. The molecule has 158 valence electrons. The van der Waals surface area contributed by atoms with Crippen molar-refractivity contribution in [3.05, 3.63) is 22.8 Å². The van der Waals surface area contributed by atoms with Gasteiger partial charge < -0.3 is 0 Å². The lowest BCUT2D eigenvalue weighted by Crippen LogP contribution is -2.48. The van der Waals surface area contributed by atoms with Crippen molar-refractivity contribution in [3.8, 4) is 0 Å². The third-order valence-electron chi connectivity index (χ3n) is 10.3. The van der Waals surface area contributed by atoms with Gasteiger partial charge in [0.25, 0.3) is 0 Å². The largest absolute Gasteiger partial charge is 0.0859 e. The van der Waals surface area contributed by atoms with Gasteiger partial charge in [-0.15, -0.1) is 0 Å². The third kappa shape index (κ3) is 3.26. The fourth-order valence-corrected chi connectivity index (χ4v) is 8.82. The zero-order chi connectivity index (χ0) is 20.1. The first-order valence-electron chi connectivity index (χ1n) is 12.6. The summed E-state index contributed by atoms with van der Waals surface area (Å²) < 4.78 is 0. The zero-order valence-corrected chi connectivity index (χ0v) is 19.7. The van der Waals surface area contributed by atoms with Crippen LogP contribution in [0.4, 0.5) is 0 Å². The van der Waals surface area contributed by atoms with E-state index in [0.29, 0.717) is 10.8 Å². The van der Waals surface area contributed by atoms with E-state index in [1.54, 1.807) is 0 Å². The molecule has 4 aliphatic carbocycles. The molecular weight excluding hydrogens is 336 g/mol. The Hall–Kier alpha value is -0.520. The molecule has 0 spiro atoms. The van der Waals surface area contributed by atoms with Crippen LogP contribution in [0.2, 0.25) is 0 Å². The predicted molar refractivity (Wildman–Crippen MR) is 122 cm³/mol. The molecule has 0 aromatic rings. The molecule has 4 rings (SSSR count). The van der Waals surface area contributed by atoms with E-state index in [1.807, 2.05) is 11.1 Å². The van der Waals surface area contributed by atoms with Crippen molar-refractivity contribution in [1.29, 1.82) is 0 Å². The van der Waals surface area contributed by atoms with Gasteiger partial charge in [-0.3, -0.25) is 0 Å². The Morgan fingerprint density at radius 2 is 1.86 bits per heavy atom. The molecule has 0 aromatic carbocycles. The molecule has 4 aliphatic rings. The van der Waals surface area contributed by atoms with Gasteiger partial charge in [0.05, 0.1) is 0 Å². The van der Waals surface area contributed by atoms with E-state index in [4.69, 9.17) is 0 Å². The minimum atomic E-state index is 0.527. The van der Waals surface area contributed by atoms with Crippen LogP contribution < -0.4 is 0 Å². The summed E-state index contributed by atoms with van der Waals surface area (Å²) in [6.45, 7) is 15.0. The molecular formula is C28H46. The second kappa shape index (κ2) is 7.63. The maximum Gasteiger partial charge on any atom is -0.00825 e. The Morgan fingerprint density at radius 1 is 1.07 bits per heavy atom. The van der Waals surface area contributed by atoms with Crippen LogP contribution in [-0.2, 0) is 0 Å². The van der Waals surface area contributed by atoms with Gasteiger partial charge in [-0.1, -0.05) is 63.3 Å². The molecule has 3 fully saturated rings. The standard InChI is InChI=1S/C28H46/c1-19(2)9-7-10-20(3)24-14-15-25-22-12-13-23-21(4)11-8-17-27(23,5)26(22)16-18-28(24,25)6/h9,20-21,23-24,26H,7-8,10-18H2,1-6H3. The minimum absolute atomic E-state index is 0.527. The summed E-state index contributed by atoms with van der Waals surface area (Å²) >= 11 is 0. The molecule has 0 N–H and O–H groups in total. The van der Waals surface area contributed by atoms with E-state index in [2.05, 4.69) is 47.6 Å². The van der Waals surface area contributed by atoms with Crippen molar-refractivity contribution < 1.29 is 0 Å². The average Bonchev–Trinajstić information content (AvgIpc) is 2.98. The van der Waals surface area contributed by atoms with Crippen LogP contribution in [0.5, 0.6) is 0 Å². The number of fused-ring (bicyclic) bond motifs is 4. The van der Waals surface area contributed by atoms with E-state index in [1.165, 1.54) is 76.2 Å². The van der Waals surface area contributed by atoms with E-state index >= 15 is 0 Å². The summed E-state index contributed by atoms with van der Waals surface area (Å²) in [6.07, 6.45) is 18.4. The molecule has 0 aromatic heterocycles. The third-order valence-corrected chi connectivity index (χ3v) is 10.3. The first kappa shape index (κ1) is 20.7. The summed E-state index contributed by atoms with van der Waals surface area (Å²) in [5.41, 5.74) is 6.59. The highest BCUT2D eigenvalue weighted by atomic mass is 14.6. The van der Waals surface area contributed by atoms with E-state index in [0.717, 1.165) is 29.6 Å². The predicted octanol–water partition coefficient (Wildman–Crippen LogP) is 8.73. The number of allylic oxidation sites excluding steroid dienone is 4. The first-order chi connectivity index (χ1) is 13.3. The number of rotatable bonds is 4. The maximum atomic E-state index is 2.70. The second-order valence-corrected chi connectivity index (χ2v) is 12.0. The van der Waals surface area contributed by atoms with Crippen LogP contribution in [0.15, 0.2) is 22.8 Å². The lowest BCUT2D eigenvalue weighted by atomic mass is 9.47. The number of hydrogen-bond donors (Lipinski definition) is 0. The van der Waals surface area contributed by atoms with Crippen LogP contribution in [0.25, 0.3) is 0 Å². The molecule has 0 saturated heterocycles. The zero-order valence-electron chi connectivity index (χ0n) is 19.7. The highest BCUT2D eigenvalue weighted by Crippen LogP contribution is 2.66. The van der Waals surface area contributed by atoms with Crippen molar-refractivity contribution in [2.24, 2.45) is 40.4 Å². The fraction of sp³-hybridized carbons (Fsp3) is 0.857. The van der Waals surface area contributed by atoms with Crippen molar-refractivity contribution in [2.75, 3.05) is 0 Å². The van der Waals surface area contributed by atoms with Crippen LogP contribution in [-0.4, -0.2) is 0 Å². The van der Waals surface area contributed by atoms with Crippen LogP contribution in [0, 0.1) is 40.4 Å². The average molecular weight is 383 g/mol. The lowest BCUT2D eigenvalue weighted by molar-refractivity contribution is -0.0200. The van der Waals surface area contributed by atoms with E-state index < -0.39 is 0 Å². The molecule has 0 heterocycles. The van der Waals surface area contributed by atoms with Crippen molar-refractivity contribution in [2.45, 2.75) is 112 Å². The Morgan fingerprint density at radius 3 is 2.61 bits per heavy atom. The van der Waals surface area contributed by atoms with Crippen molar-refractivity contribution in [3.63, 3.8) is 0 Å². The Balaban J connectivity index is 1.57. The number of hydrogen-bond acceptors (Lipinski definition) is 0. The quantitative estimate of drug-likeness (QED) is 0.426. The van der Waals surface area contributed by atoms with Crippen molar-refractivity contribution >= 4 is 0 Å². The van der Waals surface area contributed by atoms with Crippen molar-refractivity contribution in [1.82, 2.24) is 0 Å². The van der Waals surface area contributed by atoms with Gasteiger partial charge in [-0.05, 0) is 112 Å². The molecule has 0 radical (unpaired) electrons. The van der Waals surface area contributed by atoms with Gasteiger partial charge in [0.2, 0.25) is 0 Å². The van der Waals surface area contributed by atoms with E-state index in [9.17, 15) is 0 Å². The van der Waals surface area contributed by atoms with Gasteiger partial charge >= 0.3 is 0 Å². The molecule has 3 saturated carbocycles. The summed E-state index contributed by atoms with van der Waals surface area (Å²) in [4.78, 5) is 0. The Kier molecular flexibility index (Phi) is 5.65. The Labute approximate surface area is 175 Å². The molecule has 7 atom stereocenters. The van der Waals surface area contributed by atoms with Gasteiger partial charge in [-0.2, -0.15) is 0 Å². The lowest BCUT2D eigenvalue weighted by Gasteiger charge is -2.57. The Bertz CT molecular complexity index is 647. The van der Waals surface area contributed by atoms with Gasteiger partial charge in [0.1, 0.15) is 0 Å². The molecule has 0 amide bonds. The normalized spacial score (nSPS) is 43.8. The first-order valence-corrected chi connectivity index (χ1v) is 12.6. The highest BCUT2D eigenvalue weighted by molar-refractivity contribution is 5.34. The van der Waals surface area contributed by atoms with Crippen LogP contribution in [0.3, 0.4) is 0 Å². The van der Waals surface area contributed by atoms with E-state index in [-0.39, 0.29) is 0 Å². The second-order valence-electron chi connectivity index (χ2n) is 12.0. The summed E-state index contributed by atoms with van der Waals surface area (Å²) in [5, 5.41) is 0. The molecule has 0 nitrogen and oxygen atoms in total. The molecule has 0 bridgehead atoms. The molecule has 28 heavy (non-hydrogen) atoms. The topological polar surface area (TPSA) is 0 Å². The smallest absolute Gasteiger partial charge is 0.00825 e. The van der Waals surface area contributed by atoms with Gasteiger partial charge in [-0.25, -0.2) is 0 Å². The van der Waals surface area contributed by atoms with Crippen LogP contribution >= 0.6 is 0 Å². The van der Waals surface area contributed by atoms with Crippen LogP contribution in [0.1, 0.15) is 112 Å². The monoisotopic (exact) mass is 382 g/mol.